The number of nitrogens with zero attached hydrogens (tertiary/aromatic N) is 3. The number of aryl methyl sites for hydroxylation is 2. The van der Waals surface area contributed by atoms with Crippen LogP contribution in [-0.2, 0) is 17.7 Å². The van der Waals surface area contributed by atoms with E-state index in [0.29, 0.717) is 36.3 Å². The number of aromatic hydroxyl groups is 1. The summed E-state index contributed by atoms with van der Waals surface area (Å²) in [4.78, 5) is 12.9. The largest absolute Gasteiger partial charge is 0.506 e. The Bertz CT molecular complexity index is 828. The van der Waals surface area contributed by atoms with Gasteiger partial charge in [0.1, 0.15) is 18.1 Å². The normalized spacial score (nSPS) is 16.4. The Labute approximate surface area is 176 Å². The molecule has 3 rings (SSSR count). The Morgan fingerprint density at radius 2 is 1.67 bits per heavy atom. The lowest BCUT2D eigenvalue weighted by Gasteiger charge is -2.42. The predicted octanol–water partition coefficient (Wildman–Crippen LogP) is 4.46. The minimum Gasteiger partial charge on any atom is -0.506 e. The van der Waals surface area contributed by atoms with E-state index >= 15 is 0 Å². The average molecular weight is 424 g/mol. The summed E-state index contributed by atoms with van der Waals surface area (Å²) < 4.78 is 31.5. The van der Waals surface area contributed by atoms with Crippen molar-refractivity contribution in [1.29, 1.82) is 0 Å². The number of rotatable bonds is 6. The maximum atomic E-state index is 13.3. The molecule has 0 radical (unpaired) electrons. The molecule has 1 fully saturated rings. The highest BCUT2D eigenvalue weighted by Crippen LogP contribution is 2.24. The average Bonchev–Trinajstić information content (AvgIpc) is 2.68. The van der Waals surface area contributed by atoms with Crippen molar-refractivity contribution in [1.82, 2.24) is 15.0 Å². The number of aromatic nitrogens is 2. The maximum absolute atomic E-state index is 13.3. The van der Waals surface area contributed by atoms with Crippen molar-refractivity contribution in [3.05, 3.63) is 47.5 Å². The van der Waals surface area contributed by atoms with Gasteiger partial charge < -0.3 is 9.84 Å². The van der Waals surface area contributed by atoms with Crippen LogP contribution in [0.4, 0.5) is 8.78 Å². The van der Waals surface area contributed by atoms with Gasteiger partial charge in [-0.2, -0.15) is 13.8 Å². The molecule has 1 N–H and O–H groups in total. The first-order valence-electron chi connectivity index (χ1n) is 10.2. The fraction of sp³-hybridized carbons (Fsp3) is 0.545. The molecule has 8 heteroatoms. The van der Waals surface area contributed by atoms with Crippen molar-refractivity contribution in [3.63, 3.8) is 0 Å². The smallest absolute Gasteiger partial charge is 0.216 e. The summed E-state index contributed by atoms with van der Waals surface area (Å²) in [6, 6.07) is 3.35. The standard InChI is InChI=1S/C15H23FN2O2.C7H8FNO/c1-5-11-8-13(9-17-14(11)16)19-10-12-6-7-18(12)20-15(2,3)4;1-2-5-3-6(10)4-9-7(5)8/h8-9,12H,5-7,10H2,1-4H3;3-4,10H,2H2,1H3/t12-;/m0./s1. The van der Waals surface area contributed by atoms with E-state index in [1.165, 1.54) is 12.3 Å². The van der Waals surface area contributed by atoms with Crippen molar-refractivity contribution in [2.24, 2.45) is 0 Å². The Hall–Kier alpha value is -2.32. The van der Waals surface area contributed by atoms with Crippen molar-refractivity contribution in [2.45, 2.75) is 65.5 Å². The van der Waals surface area contributed by atoms with Gasteiger partial charge in [-0.25, -0.2) is 9.97 Å². The van der Waals surface area contributed by atoms with E-state index in [-0.39, 0.29) is 17.4 Å². The first-order valence-corrected chi connectivity index (χ1v) is 10.2. The Morgan fingerprint density at radius 1 is 1.07 bits per heavy atom. The summed E-state index contributed by atoms with van der Waals surface area (Å²) in [6.45, 7) is 11.2. The molecule has 30 heavy (non-hydrogen) atoms. The third-order valence-corrected chi connectivity index (χ3v) is 4.47. The summed E-state index contributed by atoms with van der Waals surface area (Å²) in [7, 11) is 0. The monoisotopic (exact) mass is 423 g/mol. The predicted molar refractivity (Wildman–Crippen MR) is 110 cm³/mol. The first-order chi connectivity index (χ1) is 14.1. The summed E-state index contributed by atoms with van der Waals surface area (Å²) >= 11 is 0. The minimum absolute atomic E-state index is 0.0123. The van der Waals surface area contributed by atoms with Crippen LogP contribution in [0, 0.1) is 11.9 Å². The van der Waals surface area contributed by atoms with Crippen LogP contribution in [-0.4, -0.2) is 44.9 Å². The molecule has 2 aromatic rings. The van der Waals surface area contributed by atoms with E-state index < -0.39 is 11.9 Å². The van der Waals surface area contributed by atoms with Gasteiger partial charge in [-0.1, -0.05) is 13.8 Å². The van der Waals surface area contributed by atoms with E-state index in [4.69, 9.17) is 14.7 Å². The third-order valence-electron chi connectivity index (χ3n) is 4.47. The van der Waals surface area contributed by atoms with Crippen molar-refractivity contribution in [3.8, 4) is 11.5 Å². The van der Waals surface area contributed by atoms with Gasteiger partial charge >= 0.3 is 0 Å². The third kappa shape index (κ3) is 7.18. The van der Waals surface area contributed by atoms with Crippen LogP contribution in [0.1, 0.15) is 52.2 Å². The zero-order valence-electron chi connectivity index (χ0n) is 18.3. The lowest BCUT2D eigenvalue weighted by atomic mass is 10.1. The fourth-order valence-electron chi connectivity index (χ4n) is 2.78. The molecule has 0 spiro atoms. The lowest BCUT2D eigenvalue weighted by Crippen LogP contribution is -2.53. The van der Waals surface area contributed by atoms with Crippen LogP contribution in [0.2, 0.25) is 0 Å². The second-order valence-corrected chi connectivity index (χ2v) is 8.07. The van der Waals surface area contributed by atoms with Crippen molar-refractivity contribution >= 4 is 0 Å². The van der Waals surface area contributed by atoms with E-state index in [9.17, 15) is 8.78 Å². The number of hydroxylamine groups is 2. The van der Waals surface area contributed by atoms with Crippen molar-refractivity contribution in [2.75, 3.05) is 13.2 Å². The topological polar surface area (TPSA) is 67.7 Å². The summed E-state index contributed by atoms with van der Waals surface area (Å²) in [5.74, 6) is -0.286. The maximum Gasteiger partial charge on any atom is 0.216 e. The molecule has 0 aromatic carbocycles. The number of ether oxygens (including phenoxy) is 1. The molecule has 6 nitrogen and oxygen atoms in total. The molecule has 0 aliphatic carbocycles. The van der Waals surface area contributed by atoms with Gasteiger partial charge in [0.25, 0.3) is 0 Å². The molecule has 1 aliphatic heterocycles. The Morgan fingerprint density at radius 3 is 2.17 bits per heavy atom. The number of pyridine rings is 2. The molecule has 1 atom stereocenters. The fourth-order valence-corrected chi connectivity index (χ4v) is 2.78. The summed E-state index contributed by atoms with van der Waals surface area (Å²) in [6.07, 6.45) is 4.73. The molecule has 2 aromatic heterocycles. The molecule has 0 saturated carbocycles. The van der Waals surface area contributed by atoms with Crippen LogP contribution in [0.5, 0.6) is 11.5 Å². The van der Waals surface area contributed by atoms with Crippen LogP contribution in [0.3, 0.4) is 0 Å². The molecule has 1 saturated heterocycles. The van der Waals surface area contributed by atoms with Gasteiger partial charge in [0.05, 0.1) is 24.0 Å². The quantitative estimate of drug-likeness (QED) is 0.692. The van der Waals surface area contributed by atoms with Crippen LogP contribution < -0.4 is 4.74 Å². The van der Waals surface area contributed by atoms with Gasteiger partial charge in [-0.3, -0.25) is 4.84 Å². The highest BCUT2D eigenvalue weighted by atomic mass is 19.1. The van der Waals surface area contributed by atoms with E-state index in [1.54, 1.807) is 13.0 Å². The van der Waals surface area contributed by atoms with Gasteiger partial charge in [-0.05, 0) is 52.2 Å². The summed E-state index contributed by atoms with van der Waals surface area (Å²) in [5, 5.41) is 10.8. The van der Waals surface area contributed by atoms with E-state index in [1.807, 2.05) is 32.8 Å². The molecule has 1 aliphatic rings. The van der Waals surface area contributed by atoms with Gasteiger partial charge in [0.2, 0.25) is 11.9 Å². The second-order valence-electron chi connectivity index (χ2n) is 8.07. The van der Waals surface area contributed by atoms with Gasteiger partial charge in [0, 0.05) is 17.7 Å². The minimum atomic E-state index is -0.500. The van der Waals surface area contributed by atoms with E-state index in [2.05, 4.69) is 9.97 Å². The highest BCUT2D eigenvalue weighted by Gasteiger charge is 2.32. The second kappa shape index (κ2) is 10.6. The molecule has 3 heterocycles. The van der Waals surface area contributed by atoms with E-state index in [0.717, 1.165) is 19.2 Å². The number of hydrogen-bond donors (Lipinski definition) is 1. The van der Waals surface area contributed by atoms with Crippen molar-refractivity contribution < 1.29 is 23.5 Å². The molecular formula is C22H31F2N3O3. The molecule has 0 amide bonds. The van der Waals surface area contributed by atoms with Crippen LogP contribution in [0.15, 0.2) is 24.5 Å². The zero-order valence-corrected chi connectivity index (χ0v) is 18.3. The lowest BCUT2D eigenvalue weighted by molar-refractivity contribution is -0.288. The highest BCUT2D eigenvalue weighted by molar-refractivity contribution is 5.24. The van der Waals surface area contributed by atoms with Gasteiger partial charge in [-0.15, -0.1) is 0 Å². The van der Waals surface area contributed by atoms with Crippen LogP contribution in [0.25, 0.3) is 0 Å². The summed E-state index contributed by atoms with van der Waals surface area (Å²) in [5.41, 5.74) is 0.838. The molecular weight excluding hydrogens is 392 g/mol. The Kier molecular flexibility index (Phi) is 8.49. The number of hydrogen-bond acceptors (Lipinski definition) is 6. The Balaban J connectivity index is 0.000000269. The van der Waals surface area contributed by atoms with Gasteiger partial charge in [0.15, 0.2) is 0 Å². The van der Waals surface area contributed by atoms with Crippen LogP contribution >= 0.6 is 0 Å². The first kappa shape index (κ1) is 24.0. The molecule has 0 bridgehead atoms. The zero-order chi connectivity index (χ0) is 22.3. The molecule has 166 valence electrons. The molecule has 0 unspecified atom stereocenters. The SMILES string of the molecule is CCc1cc(O)cnc1F.CCc1cc(OC[C@@H]2CCN2OC(C)(C)C)cnc1F. The number of halogens is 2.